The van der Waals surface area contributed by atoms with Crippen molar-refractivity contribution < 1.29 is 34.2 Å². The van der Waals surface area contributed by atoms with E-state index in [2.05, 4.69) is 10.3 Å². The van der Waals surface area contributed by atoms with Crippen LogP contribution in [-0.4, -0.2) is 64.7 Å². The molecule has 0 aliphatic carbocycles. The van der Waals surface area contributed by atoms with E-state index >= 15 is 0 Å². The third kappa shape index (κ3) is 8.22. The molecule has 1 aliphatic rings. The van der Waals surface area contributed by atoms with Crippen molar-refractivity contribution in [2.45, 2.75) is 51.7 Å². The lowest BCUT2D eigenvalue weighted by molar-refractivity contribution is -0.384. The number of nitro benzene ring substituents is 1. The number of allylic oxidation sites excluding steroid dienone is 1. The van der Waals surface area contributed by atoms with Crippen LogP contribution in [0.1, 0.15) is 50.7 Å². The number of aliphatic hydroxyl groups excluding tert-OH is 1. The van der Waals surface area contributed by atoms with Crippen LogP contribution in [0.4, 0.5) is 5.69 Å². The van der Waals surface area contributed by atoms with Gasteiger partial charge in [0.25, 0.3) is 5.69 Å². The molecule has 0 saturated carbocycles. The molecule has 0 bridgehead atoms. The maximum absolute atomic E-state index is 13.4. The predicted octanol–water partition coefficient (Wildman–Crippen LogP) is 3.74. The first-order chi connectivity index (χ1) is 20.0. The third-order valence-electron chi connectivity index (χ3n) is 6.85. The number of ether oxygens (including phenoxy) is 2. The number of nitrogens with zero attached hydrogens (tertiary/aromatic N) is 3. The van der Waals surface area contributed by atoms with E-state index < -0.39 is 40.9 Å². The second-order valence-corrected chi connectivity index (χ2v) is 10.0. The van der Waals surface area contributed by atoms with E-state index in [1.807, 2.05) is 6.07 Å². The van der Waals surface area contributed by atoms with Gasteiger partial charge in [0.15, 0.2) is 0 Å². The molecule has 12 heteroatoms. The van der Waals surface area contributed by atoms with Gasteiger partial charge in [0.2, 0.25) is 0 Å². The summed E-state index contributed by atoms with van der Waals surface area (Å²) in [6.07, 6.45) is -0.221. The molecular formula is C30H34N4O8. The van der Waals surface area contributed by atoms with Crippen LogP contribution in [0.2, 0.25) is 0 Å². The third-order valence-corrected chi connectivity index (χ3v) is 6.85. The summed E-state index contributed by atoms with van der Waals surface area (Å²) in [5.74, 6) is -3.73. The molecule has 42 heavy (non-hydrogen) atoms. The number of esters is 1. The van der Waals surface area contributed by atoms with Crippen LogP contribution in [0.3, 0.4) is 0 Å². The average Bonchev–Trinajstić information content (AvgIpc) is 2.95. The van der Waals surface area contributed by atoms with Crippen LogP contribution in [0.15, 0.2) is 64.8 Å². The van der Waals surface area contributed by atoms with Crippen LogP contribution < -0.4 is 10.1 Å². The molecule has 0 radical (unpaired) electrons. The number of nitro groups is 1. The smallest absolute Gasteiger partial charge is 0.336 e. The number of carbonyl (C=O) groups is 2. The number of aliphatic carboxylic acids is 1. The molecule has 0 aromatic heterocycles. The zero-order valence-corrected chi connectivity index (χ0v) is 23.6. The standard InChI is InChI=1S/C30H34N4O8/c1-18(8-7-13-32-16-24(35)17-41-25-12-5-4-9-22(25)15-31)42-30(38)27-20(3)33-19(2)26(29(36)37)28(27)21-10-6-11-23(14-21)34(39)40/h4-6,9-12,14,18,24,26,28,32,35H,7-8,13,16-17H2,1-3H3,(H,36,37). The molecule has 2 aromatic carbocycles. The van der Waals surface area contributed by atoms with Gasteiger partial charge in [0.05, 0.1) is 22.2 Å². The average molecular weight is 579 g/mol. The summed E-state index contributed by atoms with van der Waals surface area (Å²) >= 11 is 0. The number of carboxylic acids is 1. The van der Waals surface area contributed by atoms with Gasteiger partial charge in [0, 0.05) is 36.0 Å². The van der Waals surface area contributed by atoms with Crippen molar-refractivity contribution in [3.05, 3.63) is 81.0 Å². The number of carboxylic acid groups (broad SMARTS) is 1. The monoisotopic (exact) mass is 578 g/mol. The number of hydrogen-bond acceptors (Lipinski definition) is 10. The molecule has 0 saturated heterocycles. The van der Waals surface area contributed by atoms with Crippen LogP contribution in [-0.2, 0) is 14.3 Å². The van der Waals surface area contributed by atoms with Gasteiger partial charge < -0.3 is 25.0 Å². The topological polar surface area (TPSA) is 184 Å². The lowest BCUT2D eigenvalue weighted by Gasteiger charge is -2.31. The maximum atomic E-state index is 13.4. The van der Waals surface area contributed by atoms with E-state index in [9.17, 15) is 29.9 Å². The quantitative estimate of drug-likeness (QED) is 0.129. The highest BCUT2D eigenvalue weighted by atomic mass is 16.6. The van der Waals surface area contributed by atoms with E-state index in [0.717, 1.165) is 0 Å². The van der Waals surface area contributed by atoms with Gasteiger partial charge in [-0.3, -0.25) is 19.9 Å². The van der Waals surface area contributed by atoms with Gasteiger partial charge in [-0.1, -0.05) is 24.3 Å². The number of non-ortho nitro benzene ring substituents is 1. The van der Waals surface area contributed by atoms with Crippen molar-refractivity contribution in [1.29, 1.82) is 5.26 Å². The zero-order chi connectivity index (χ0) is 30.8. The molecule has 1 aliphatic heterocycles. The number of para-hydroxylation sites is 1. The molecule has 3 N–H and O–H groups in total. The Morgan fingerprint density at radius 3 is 2.64 bits per heavy atom. The second kappa shape index (κ2) is 14.9. The SMILES string of the molecule is CC1=NC(C)=C(C(=O)OC(C)CCCNCC(O)COc2ccccc2C#N)C(c2cccc([N+](=O)[O-])c2)C1C(=O)O. The zero-order valence-electron chi connectivity index (χ0n) is 23.6. The van der Waals surface area contributed by atoms with Gasteiger partial charge in [-0.2, -0.15) is 5.26 Å². The lowest BCUT2D eigenvalue weighted by Crippen LogP contribution is -2.36. The molecule has 0 fully saturated rings. The Hall–Kier alpha value is -4.60. The molecule has 0 spiro atoms. The van der Waals surface area contributed by atoms with Gasteiger partial charge >= 0.3 is 11.9 Å². The van der Waals surface area contributed by atoms with Gasteiger partial charge in [-0.15, -0.1) is 0 Å². The fraction of sp³-hybridized carbons (Fsp3) is 0.400. The molecule has 2 aromatic rings. The highest BCUT2D eigenvalue weighted by molar-refractivity contribution is 6.06. The van der Waals surface area contributed by atoms with Crippen LogP contribution >= 0.6 is 0 Å². The van der Waals surface area contributed by atoms with E-state index in [0.29, 0.717) is 42.0 Å². The summed E-state index contributed by atoms with van der Waals surface area (Å²) in [6.45, 7) is 5.66. The van der Waals surface area contributed by atoms with Crippen molar-refractivity contribution in [2.24, 2.45) is 10.9 Å². The van der Waals surface area contributed by atoms with E-state index in [-0.39, 0.29) is 30.1 Å². The lowest BCUT2D eigenvalue weighted by atomic mass is 9.75. The fourth-order valence-electron chi connectivity index (χ4n) is 4.83. The largest absolute Gasteiger partial charge is 0.489 e. The molecule has 3 rings (SSSR count). The Bertz CT molecular complexity index is 1410. The summed E-state index contributed by atoms with van der Waals surface area (Å²) in [6, 6.07) is 14.4. The first kappa shape index (κ1) is 31.9. The van der Waals surface area contributed by atoms with Crippen LogP contribution in [0.25, 0.3) is 0 Å². The molecule has 1 heterocycles. The number of nitrogens with one attached hydrogen (secondary N) is 1. The Kier molecular flexibility index (Phi) is 11.3. The Labute approximate surface area is 243 Å². The number of aliphatic hydroxyl groups is 1. The maximum Gasteiger partial charge on any atom is 0.336 e. The number of carbonyl (C=O) groups excluding carboxylic acids is 1. The number of aliphatic imine (C=N–C) groups is 1. The Balaban J connectivity index is 1.56. The first-order valence-corrected chi connectivity index (χ1v) is 13.5. The molecule has 4 unspecified atom stereocenters. The molecule has 0 amide bonds. The summed E-state index contributed by atoms with van der Waals surface area (Å²) in [5.41, 5.74) is 1.12. The Morgan fingerprint density at radius 1 is 1.21 bits per heavy atom. The minimum Gasteiger partial charge on any atom is -0.489 e. The minimum absolute atomic E-state index is 0.0131. The first-order valence-electron chi connectivity index (χ1n) is 13.5. The Morgan fingerprint density at radius 2 is 1.95 bits per heavy atom. The molecule has 222 valence electrons. The van der Waals surface area contributed by atoms with Crippen molar-refractivity contribution in [1.82, 2.24) is 5.32 Å². The molecule has 12 nitrogen and oxygen atoms in total. The van der Waals surface area contributed by atoms with E-state index in [4.69, 9.17) is 14.7 Å². The van der Waals surface area contributed by atoms with Crippen molar-refractivity contribution in [3.8, 4) is 11.8 Å². The number of nitriles is 1. The molecular weight excluding hydrogens is 544 g/mol. The van der Waals surface area contributed by atoms with E-state index in [1.165, 1.54) is 18.2 Å². The van der Waals surface area contributed by atoms with E-state index in [1.54, 1.807) is 51.1 Å². The van der Waals surface area contributed by atoms with Crippen molar-refractivity contribution in [3.63, 3.8) is 0 Å². The second-order valence-electron chi connectivity index (χ2n) is 10.0. The van der Waals surface area contributed by atoms with Crippen molar-refractivity contribution in [2.75, 3.05) is 19.7 Å². The highest BCUT2D eigenvalue weighted by Gasteiger charge is 2.42. The summed E-state index contributed by atoms with van der Waals surface area (Å²) in [5, 5.41) is 43.8. The normalized spacial score (nSPS) is 17.9. The minimum atomic E-state index is -1.20. The number of rotatable bonds is 14. The van der Waals surface area contributed by atoms with Crippen molar-refractivity contribution >= 4 is 23.3 Å². The van der Waals surface area contributed by atoms with Crippen LogP contribution in [0.5, 0.6) is 5.75 Å². The summed E-state index contributed by atoms with van der Waals surface area (Å²) < 4.78 is 11.2. The predicted molar refractivity (Wildman–Crippen MR) is 153 cm³/mol. The van der Waals surface area contributed by atoms with Gasteiger partial charge in [-0.25, -0.2) is 4.79 Å². The van der Waals surface area contributed by atoms with Crippen LogP contribution in [0, 0.1) is 27.4 Å². The highest BCUT2D eigenvalue weighted by Crippen LogP contribution is 2.40. The molecule has 4 atom stereocenters. The number of hydrogen-bond donors (Lipinski definition) is 3. The summed E-state index contributed by atoms with van der Waals surface area (Å²) in [7, 11) is 0. The van der Waals surface area contributed by atoms with Gasteiger partial charge in [0.1, 0.15) is 30.4 Å². The number of benzene rings is 2. The summed E-state index contributed by atoms with van der Waals surface area (Å²) in [4.78, 5) is 40.7. The van der Waals surface area contributed by atoms with Gasteiger partial charge in [-0.05, 0) is 57.9 Å². The fourth-order valence-corrected chi connectivity index (χ4v) is 4.83.